The zero-order valence-corrected chi connectivity index (χ0v) is 12.2. The maximum absolute atomic E-state index is 3.64. The van der Waals surface area contributed by atoms with Crippen molar-refractivity contribution in [2.24, 2.45) is 0 Å². The molecule has 2 nitrogen and oxygen atoms in total. The van der Waals surface area contributed by atoms with Crippen LogP contribution < -0.4 is 5.43 Å². The SMILES string of the molecule is Cc1cccc(CNN2C(C)CCCC2C)c1C. The van der Waals surface area contributed by atoms with Gasteiger partial charge in [0.2, 0.25) is 0 Å². The second kappa shape index (κ2) is 5.85. The molecular weight excluding hydrogens is 220 g/mol. The number of hydrogen-bond acceptors (Lipinski definition) is 2. The van der Waals surface area contributed by atoms with Crippen LogP contribution in [0.4, 0.5) is 0 Å². The van der Waals surface area contributed by atoms with E-state index in [1.54, 1.807) is 0 Å². The zero-order valence-electron chi connectivity index (χ0n) is 12.2. The lowest BCUT2D eigenvalue weighted by molar-refractivity contribution is 0.0435. The minimum atomic E-state index is 0.652. The molecule has 1 fully saturated rings. The molecule has 1 aliphatic heterocycles. The van der Waals surface area contributed by atoms with E-state index in [4.69, 9.17) is 0 Å². The molecule has 0 aliphatic carbocycles. The van der Waals surface area contributed by atoms with E-state index in [-0.39, 0.29) is 0 Å². The molecule has 2 heteroatoms. The average molecular weight is 246 g/mol. The second-order valence-electron chi connectivity index (χ2n) is 5.73. The molecule has 1 saturated heterocycles. The number of aryl methyl sites for hydroxylation is 1. The summed E-state index contributed by atoms with van der Waals surface area (Å²) >= 11 is 0. The minimum Gasteiger partial charge on any atom is -0.250 e. The Hall–Kier alpha value is -0.860. The fourth-order valence-electron chi connectivity index (χ4n) is 2.91. The van der Waals surface area contributed by atoms with Gasteiger partial charge in [-0.3, -0.25) is 5.43 Å². The summed E-state index contributed by atoms with van der Waals surface area (Å²) < 4.78 is 0. The zero-order chi connectivity index (χ0) is 13.1. The molecule has 2 rings (SSSR count). The van der Waals surface area contributed by atoms with E-state index in [0.29, 0.717) is 12.1 Å². The topological polar surface area (TPSA) is 15.3 Å². The van der Waals surface area contributed by atoms with Gasteiger partial charge in [-0.1, -0.05) is 24.6 Å². The van der Waals surface area contributed by atoms with E-state index < -0.39 is 0 Å². The number of nitrogens with zero attached hydrogens (tertiary/aromatic N) is 1. The predicted molar refractivity (Wildman–Crippen MR) is 77.4 cm³/mol. The Bertz CT molecular complexity index is 390. The molecule has 1 aromatic rings. The fraction of sp³-hybridized carbons (Fsp3) is 0.625. The van der Waals surface area contributed by atoms with Crippen molar-refractivity contribution in [1.82, 2.24) is 10.4 Å². The van der Waals surface area contributed by atoms with Crippen LogP contribution in [0.3, 0.4) is 0 Å². The van der Waals surface area contributed by atoms with Gasteiger partial charge in [0.05, 0.1) is 0 Å². The molecule has 1 heterocycles. The third kappa shape index (κ3) is 2.93. The van der Waals surface area contributed by atoms with Crippen LogP contribution in [0, 0.1) is 13.8 Å². The lowest BCUT2D eigenvalue weighted by Crippen LogP contribution is -2.51. The van der Waals surface area contributed by atoms with Crippen molar-refractivity contribution >= 4 is 0 Å². The summed E-state index contributed by atoms with van der Waals surface area (Å²) in [6.45, 7) is 10.0. The van der Waals surface area contributed by atoms with Gasteiger partial charge in [-0.25, -0.2) is 5.01 Å². The molecule has 0 radical (unpaired) electrons. The van der Waals surface area contributed by atoms with Crippen molar-refractivity contribution in [3.63, 3.8) is 0 Å². The third-order valence-electron chi connectivity index (χ3n) is 4.36. The molecule has 2 atom stereocenters. The van der Waals surface area contributed by atoms with Crippen molar-refractivity contribution in [3.8, 4) is 0 Å². The molecule has 0 spiro atoms. The Morgan fingerprint density at radius 2 is 1.83 bits per heavy atom. The molecule has 100 valence electrons. The van der Waals surface area contributed by atoms with E-state index in [9.17, 15) is 0 Å². The first-order valence-corrected chi connectivity index (χ1v) is 7.16. The summed E-state index contributed by atoms with van der Waals surface area (Å²) in [7, 11) is 0. The summed E-state index contributed by atoms with van der Waals surface area (Å²) in [6, 6.07) is 7.87. The maximum Gasteiger partial charge on any atom is 0.0356 e. The normalized spacial score (nSPS) is 25.3. The van der Waals surface area contributed by atoms with Gasteiger partial charge in [-0.2, -0.15) is 0 Å². The highest BCUT2D eigenvalue weighted by Gasteiger charge is 2.24. The highest BCUT2D eigenvalue weighted by atomic mass is 15.5. The van der Waals surface area contributed by atoms with Gasteiger partial charge < -0.3 is 0 Å². The third-order valence-corrected chi connectivity index (χ3v) is 4.36. The number of hydrogen-bond donors (Lipinski definition) is 1. The Labute approximate surface area is 111 Å². The maximum atomic E-state index is 3.64. The first kappa shape index (κ1) is 13.6. The highest BCUT2D eigenvalue weighted by Crippen LogP contribution is 2.21. The van der Waals surface area contributed by atoms with E-state index in [1.807, 2.05) is 0 Å². The summed E-state index contributed by atoms with van der Waals surface area (Å²) in [5, 5.41) is 2.45. The molecule has 0 saturated carbocycles. The van der Waals surface area contributed by atoms with Crippen LogP contribution in [0.5, 0.6) is 0 Å². The molecule has 1 aromatic carbocycles. The monoisotopic (exact) mass is 246 g/mol. The van der Waals surface area contributed by atoms with E-state index in [2.05, 4.69) is 56.3 Å². The summed E-state index contributed by atoms with van der Waals surface area (Å²) in [6.07, 6.45) is 3.98. The molecule has 0 aromatic heterocycles. The van der Waals surface area contributed by atoms with Crippen molar-refractivity contribution < 1.29 is 0 Å². The Morgan fingerprint density at radius 3 is 2.50 bits per heavy atom. The molecule has 0 amide bonds. The summed E-state index contributed by atoms with van der Waals surface area (Å²) in [5.41, 5.74) is 7.86. The quantitative estimate of drug-likeness (QED) is 0.877. The van der Waals surface area contributed by atoms with Gasteiger partial charge in [0.25, 0.3) is 0 Å². The van der Waals surface area contributed by atoms with E-state index in [0.717, 1.165) is 6.54 Å². The number of nitrogens with one attached hydrogen (secondary N) is 1. The highest BCUT2D eigenvalue weighted by molar-refractivity contribution is 5.32. The Kier molecular flexibility index (Phi) is 4.41. The Balaban J connectivity index is 2.00. The molecule has 18 heavy (non-hydrogen) atoms. The van der Waals surface area contributed by atoms with E-state index in [1.165, 1.54) is 36.0 Å². The second-order valence-corrected chi connectivity index (χ2v) is 5.73. The largest absolute Gasteiger partial charge is 0.250 e. The van der Waals surface area contributed by atoms with Crippen LogP contribution in [0.25, 0.3) is 0 Å². The van der Waals surface area contributed by atoms with E-state index >= 15 is 0 Å². The van der Waals surface area contributed by atoms with Crippen LogP contribution in [0.1, 0.15) is 49.8 Å². The van der Waals surface area contributed by atoms with Crippen LogP contribution in [-0.4, -0.2) is 17.1 Å². The number of hydrazine groups is 1. The van der Waals surface area contributed by atoms with Crippen LogP contribution >= 0.6 is 0 Å². The average Bonchev–Trinajstić information content (AvgIpc) is 2.33. The first-order valence-electron chi connectivity index (χ1n) is 7.16. The molecule has 2 unspecified atom stereocenters. The van der Waals surface area contributed by atoms with Gasteiger partial charge in [0.15, 0.2) is 0 Å². The molecule has 0 bridgehead atoms. The van der Waals surface area contributed by atoms with Crippen LogP contribution in [-0.2, 0) is 6.54 Å². The van der Waals surface area contributed by atoms with Crippen LogP contribution in [0.2, 0.25) is 0 Å². The molecule has 1 N–H and O–H groups in total. The van der Waals surface area contributed by atoms with Crippen molar-refractivity contribution in [3.05, 3.63) is 34.9 Å². The number of rotatable bonds is 3. The molecular formula is C16H26N2. The van der Waals surface area contributed by atoms with Crippen molar-refractivity contribution in [2.45, 2.75) is 65.6 Å². The number of benzene rings is 1. The standard InChI is InChI=1S/C16H26N2/c1-12-7-5-10-16(15(12)4)11-17-18-13(2)8-6-9-14(18)3/h5,7,10,13-14,17H,6,8-9,11H2,1-4H3. The lowest BCUT2D eigenvalue weighted by Gasteiger charge is -2.39. The Morgan fingerprint density at radius 1 is 1.17 bits per heavy atom. The van der Waals surface area contributed by atoms with Crippen molar-refractivity contribution in [1.29, 1.82) is 0 Å². The summed E-state index contributed by atoms with van der Waals surface area (Å²) in [5.74, 6) is 0. The molecule has 1 aliphatic rings. The minimum absolute atomic E-state index is 0.652. The van der Waals surface area contributed by atoms with Gasteiger partial charge in [-0.05, 0) is 57.2 Å². The lowest BCUT2D eigenvalue weighted by atomic mass is 9.99. The van der Waals surface area contributed by atoms with Gasteiger partial charge in [0.1, 0.15) is 0 Å². The van der Waals surface area contributed by atoms with Gasteiger partial charge >= 0.3 is 0 Å². The fourth-order valence-corrected chi connectivity index (χ4v) is 2.91. The van der Waals surface area contributed by atoms with Crippen LogP contribution in [0.15, 0.2) is 18.2 Å². The van der Waals surface area contributed by atoms with Crippen molar-refractivity contribution in [2.75, 3.05) is 0 Å². The first-order chi connectivity index (χ1) is 8.59. The number of piperidine rings is 1. The van der Waals surface area contributed by atoms with Gasteiger partial charge in [-0.15, -0.1) is 0 Å². The smallest absolute Gasteiger partial charge is 0.0356 e. The predicted octanol–water partition coefficient (Wildman–Crippen LogP) is 3.57. The summed E-state index contributed by atoms with van der Waals surface area (Å²) in [4.78, 5) is 0. The van der Waals surface area contributed by atoms with Gasteiger partial charge in [0, 0.05) is 18.6 Å².